The van der Waals surface area contributed by atoms with Crippen LogP contribution in [0.15, 0.2) is 0 Å². The Morgan fingerprint density at radius 3 is 2.47 bits per heavy atom. The third-order valence-corrected chi connectivity index (χ3v) is 4.33. The Balaban J connectivity index is 1.70. The molecule has 3 nitrogen and oxygen atoms in total. The summed E-state index contributed by atoms with van der Waals surface area (Å²) in [7, 11) is 0. The van der Waals surface area contributed by atoms with Crippen LogP contribution in [0, 0.1) is 5.92 Å². The maximum Gasteiger partial charge on any atom is 0.236 e. The van der Waals surface area contributed by atoms with E-state index in [1.807, 2.05) is 4.90 Å². The van der Waals surface area contributed by atoms with E-state index in [9.17, 15) is 4.79 Å². The summed E-state index contributed by atoms with van der Waals surface area (Å²) in [6.07, 6.45) is 7.82. The zero-order chi connectivity index (χ0) is 12.3. The Hall–Kier alpha value is -0.570. The Labute approximate surface area is 105 Å². The van der Waals surface area contributed by atoms with Crippen LogP contribution in [0.1, 0.15) is 52.4 Å². The van der Waals surface area contributed by atoms with Gasteiger partial charge < -0.3 is 10.2 Å². The summed E-state index contributed by atoms with van der Waals surface area (Å²) in [5.74, 6) is 1.08. The smallest absolute Gasteiger partial charge is 0.236 e. The Morgan fingerprint density at radius 2 is 1.94 bits per heavy atom. The van der Waals surface area contributed by atoms with Crippen molar-refractivity contribution in [2.24, 2.45) is 5.92 Å². The highest BCUT2D eigenvalue weighted by Crippen LogP contribution is 2.28. The van der Waals surface area contributed by atoms with Gasteiger partial charge >= 0.3 is 0 Å². The molecular weight excluding hydrogens is 212 g/mol. The van der Waals surface area contributed by atoms with Gasteiger partial charge in [-0.15, -0.1) is 0 Å². The molecule has 0 aliphatic heterocycles. The molecule has 2 saturated carbocycles. The highest BCUT2D eigenvalue weighted by atomic mass is 16.2. The van der Waals surface area contributed by atoms with Crippen molar-refractivity contribution in [1.29, 1.82) is 0 Å². The van der Waals surface area contributed by atoms with Gasteiger partial charge in [0, 0.05) is 18.6 Å². The van der Waals surface area contributed by atoms with E-state index in [-0.39, 0.29) is 0 Å². The molecule has 0 saturated heterocycles. The van der Waals surface area contributed by atoms with Crippen molar-refractivity contribution in [3.05, 3.63) is 0 Å². The summed E-state index contributed by atoms with van der Waals surface area (Å²) in [6, 6.07) is 1.05. The third kappa shape index (κ3) is 3.44. The fourth-order valence-corrected chi connectivity index (χ4v) is 3.00. The van der Waals surface area contributed by atoms with E-state index in [2.05, 4.69) is 19.2 Å². The summed E-state index contributed by atoms with van der Waals surface area (Å²) < 4.78 is 0. The van der Waals surface area contributed by atoms with Crippen LogP contribution in [0.4, 0.5) is 0 Å². The lowest BCUT2D eigenvalue weighted by atomic mass is 10.00. The molecule has 1 N–H and O–H groups in total. The molecule has 0 heterocycles. The number of likely N-dealkylation sites (N-methyl/N-ethyl adjacent to an activating group) is 1. The number of rotatable bonds is 6. The maximum absolute atomic E-state index is 12.0. The third-order valence-electron chi connectivity index (χ3n) is 4.33. The van der Waals surface area contributed by atoms with E-state index in [0.29, 0.717) is 24.5 Å². The summed E-state index contributed by atoms with van der Waals surface area (Å²) in [5, 5.41) is 3.43. The average Bonchev–Trinajstić information content (AvgIpc) is 3.00. The quantitative estimate of drug-likeness (QED) is 0.769. The molecule has 3 heteroatoms. The molecule has 0 aromatic heterocycles. The Bertz CT molecular complexity index is 257. The van der Waals surface area contributed by atoms with Gasteiger partial charge in [-0.1, -0.05) is 12.8 Å². The van der Waals surface area contributed by atoms with Crippen LogP contribution in [0.2, 0.25) is 0 Å². The van der Waals surface area contributed by atoms with Crippen molar-refractivity contribution in [2.75, 3.05) is 13.1 Å². The molecule has 0 unspecified atom stereocenters. The number of amides is 1. The second kappa shape index (κ2) is 5.85. The molecule has 0 radical (unpaired) electrons. The van der Waals surface area contributed by atoms with Crippen molar-refractivity contribution >= 4 is 5.91 Å². The topological polar surface area (TPSA) is 32.3 Å². The molecule has 0 bridgehead atoms. The molecule has 2 aliphatic carbocycles. The van der Waals surface area contributed by atoms with Gasteiger partial charge in [-0.25, -0.2) is 0 Å². The molecule has 1 atom stereocenters. The molecule has 1 amide bonds. The van der Waals surface area contributed by atoms with Gasteiger partial charge in [0.25, 0.3) is 0 Å². The highest BCUT2D eigenvalue weighted by Gasteiger charge is 2.31. The molecule has 17 heavy (non-hydrogen) atoms. The van der Waals surface area contributed by atoms with Gasteiger partial charge in [0.05, 0.1) is 6.54 Å². The first kappa shape index (κ1) is 12.9. The van der Waals surface area contributed by atoms with E-state index in [1.54, 1.807) is 0 Å². The number of hydrogen-bond acceptors (Lipinski definition) is 2. The minimum Gasteiger partial charge on any atom is -0.339 e. The van der Waals surface area contributed by atoms with Gasteiger partial charge in [-0.2, -0.15) is 0 Å². The van der Waals surface area contributed by atoms with Crippen molar-refractivity contribution in [2.45, 2.75) is 64.5 Å². The van der Waals surface area contributed by atoms with Gasteiger partial charge in [-0.3, -0.25) is 4.79 Å². The highest BCUT2D eigenvalue weighted by molar-refractivity contribution is 5.78. The predicted octanol–water partition coefficient (Wildman–Crippen LogP) is 2.17. The van der Waals surface area contributed by atoms with Crippen LogP contribution in [0.3, 0.4) is 0 Å². The van der Waals surface area contributed by atoms with Crippen LogP contribution in [0.25, 0.3) is 0 Å². The molecule has 98 valence electrons. The number of carbonyl (C=O) groups excluding carboxylic acids is 1. The molecule has 2 aliphatic rings. The lowest BCUT2D eigenvalue weighted by Crippen LogP contribution is -2.43. The van der Waals surface area contributed by atoms with Crippen LogP contribution < -0.4 is 5.32 Å². The lowest BCUT2D eigenvalue weighted by Gasteiger charge is -2.24. The largest absolute Gasteiger partial charge is 0.339 e. The summed E-state index contributed by atoms with van der Waals surface area (Å²) in [5.41, 5.74) is 0. The van der Waals surface area contributed by atoms with Crippen molar-refractivity contribution < 1.29 is 4.79 Å². The fourth-order valence-electron chi connectivity index (χ4n) is 3.00. The van der Waals surface area contributed by atoms with Crippen LogP contribution in [-0.4, -0.2) is 36.0 Å². The number of hydrogen-bond donors (Lipinski definition) is 1. The average molecular weight is 238 g/mol. The van der Waals surface area contributed by atoms with E-state index < -0.39 is 0 Å². The summed E-state index contributed by atoms with van der Waals surface area (Å²) >= 11 is 0. The summed E-state index contributed by atoms with van der Waals surface area (Å²) in [4.78, 5) is 14.1. The van der Waals surface area contributed by atoms with E-state index in [1.165, 1.54) is 38.5 Å². The molecular formula is C14H26N2O. The predicted molar refractivity (Wildman–Crippen MR) is 69.8 cm³/mol. The molecule has 2 fully saturated rings. The van der Waals surface area contributed by atoms with Gasteiger partial charge in [-0.05, 0) is 45.4 Å². The first-order chi connectivity index (χ1) is 8.22. The van der Waals surface area contributed by atoms with E-state index in [0.717, 1.165) is 12.5 Å². The van der Waals surface area contributed by atoms with Gasteiger partial charge in [0.15, 0.2) is 0 Å². The van der Waals surface area contributed by atoms with Crippen molar-refractivity contribution in [1.82, 2.24) is 10.2 Å². The minimum absolute atomic E-state index is 0.292. The lowest BCUT2D eigenvalue weighted by molar-refractivity contribution is -0.130. The maximum atomic E-state index is 12.0. The Kier molecular flexibility index (Phi) is 4.43. The number of nitrogens with one attached hydrogen (secondary N) is 1. The minimum atomic E-state index is 0.292. The first-order valence-electron chi connectivity index (χ1n) is 7.25. The first-order valence-corrected chi connectivity index (χ1v) is 7.25. The van der Waals surface area contributed by atoms with E-state index in [4.69, 9.17) is 0 Å². The number of nitrogens with zero attached hydrogens (tertiary/aromatic N) is 1. The fraction of sp³-hybridized carbons (Fsp3) is 0.929. The van der Waals surface area contributed by atoms with Gasteiger partial charge in [0.1, 0.15) is 0 Å². The van der Waals surface area contributed by atoms with Crippen LogP contribution >= 0.6 is 0 Å². The van der Waals surface area contributed by atoms with E-state index >= 15 is 0 Å². The normalized spacial score (nSPS) is 22.7. The Morgan fingerprint density at radius 1 is 1.29 bits per heavy atom. The molecule has 0 aromatic rings. The second-order valence-corrected chi connectivity index (χ2v) is 5.63. The molecule has 0 spiro atoms. The summed E-state index contributed by atoms with van der Waals surface area (Å²) in [6.45, 7) is 5.71. The zero-order valence-electron chi connectivity index (χ0n) is 11.2. The monoisotopic (exact) mass is 238 g/mol. The van der Waals surface area contributed by atoms with Gasteiger partial charge in [0.2, 0.25) is 5.91 Å². The zero-order valence-corrected chi connectivity index (χ0v) is 11.2. The second-order valence-electron chi connectivity index (χ2n) is 5.63. The molecule has 2 rings (SSSR count). The molecule has 0 aromatic carbocycles. The standard InChI is InChI=1S/C14H26N2O/c1-3-16(13-8-9-13)14(17)10-15-11(2)12-6-4-5-7-12/h11-13,15H,3-10H2,1-2H3/t11-/m0/s1. The number of carbonyl (C=O) groups is 1. The SMILES string of the molecule is CCN(C(=O)CN[C@@H](C)C1CCCC1)C1CC1. The van der Waals surface area contributed by atoms with Crippen molar-refractivity contribution in [3.63, 3.8) is 0 Å². The van der Waals surface area contributed by atoms with Crippen LogP contribution in [0.5, 0.6) is 0 Å². The van der Waals surface area contributed by atoms with Crippen LogP contribution in [-0.2, 0) is 4.79 Å². The van der Waals surface area contributed by atoms with Crippen molar-refractivity contribution in [3.8, 4) is 0 Å².